The van der Waals surface area contributed by atoms with Gasteiger partial charge in [0.1, 0.15) is 5.82 Å². The molecule has 1 atom stereocenters. The van der Waals surface area contributed by atoms with Crippen molar-refractivity contribution in [3.63, 3.8) is 0 Å². The van der Waals surface area contributed by atoms with Gasteiger partial charge in [0.25, 0.3) is 0 Å². The van der Waals surface area contributed by atoms with Gasteiger partial charge in [-0.2, -0.15) is 0 Å². The first-order valence-corrected chi connectivity index (χ1v) is 8.99. The molecule has 2 aromatic carbocycles. The smallest absolute Gasteiger partial charge is 0.320 e. The number of aryl methyl sites for hydroxylation is 1. The van der Waals surface area contributed by atoms with Crippen molar-refractivity contribution >= 4 is 23.1 Å². The monoisotopic (exact) mass is 354 g/mol. The Morgan fingerprint density at radius 1 is 1.08 bits per heavy atom. The molecule has 2 N–H and O–H groups in total. The first-order chi connectivity index (χ1) is 12.2. The van der Waals surface area contributed by atoms with E-state index in [1.807, 2.05) is 29.6 Å². The van der Waals surface area contributed by atoms with Crippen molar-refractivity contribution in [2.24, 2.45) is 0 Å². The van der Waals surface area contributed by atoms with Crippen molar-refractivity contribution in [3.05, 3.63) is 87.9 Å². The van der Waals surface area contributed by atoms with Gasteiger partial charge in [-0.25, -0.2) is 9.18 Å². The minimum atomic E-state index is -0.461. The van der Waals surface area contributed by atoms with E-state index in [2.05, 4.69) is 29.7 Å². The predicted octanol–water partition coefficient (Wildman–Crippen LogP) is 5.36. The number of urea groups is 1. The molecule has 5 heteroatoms. The number of carbonyl (C=O) groups is 1. The highest BCUT2D eigenvalue weighted by molar-refractivity contribution is 7.10. The van der Waals surface area contributed by atoms with E-state index in [0.29, 0.717) is 0 Å². The lowest BCUT2D eigenvalue weighted by Crippen LogP contribution is -2.33. The topological polar surface area (TPSA) is 41.1 Å². The van der Waals surface area contributed by atoms with Crippen molar-refractivity contribution in [3.8, 4) is 0 Å². The third-order valence-corrected chi connectivity index (χ3v) is 4.88. The fourth-order valence-corrected chi connectivity index (χ4v) is 3.37. The van der Waals surface area contributed by atoms with Gasteiger partial charge in [0.2, 0.25) is 0 Å². The Hall–Kier alpha value is -2.66. The normalized spacial score (nSPS) is 11.8. The van der Waals surface area contributed by atoms with Gasteiger partial charge in [-0.05, 0) is 41.1 Å². The zero-order valence-electron chi connectivity index (χ0n) is 13.8. The fourth-order valence-electron chi connectivity index (χ4n) is 2.57. The lowest BCUT2D eigenvalue weighted by atomic mass is 10.0. The average Bonchev–Trinajstić information content (AvgIpc) is 3.16. The molecule has 0 unspecified atom stereocenters. The van der Waals surface area contributed by atoms with Crippen LogP contribution in [-0.4, -0.2) is 6.03 Å². The quantitative estimate of drug-likeness (QED) is 0.636. The van der Waals surface area contributed by atoms with Crippen LogP contribution in [0.1, 0.15) is 29.0 Å². The van der Waals surface area contributed by atoms with Gasteiger partial charge in [0.15, 0.2) is 0 Å². The van der Waals surface area contributed by atoms with Gasteiger partial charge in [-0.1, -0.05) is 49.4 Å². The van der Waals surface area contributed by atoms with E-state index in [9.17, 15) is 9.18 Å². The Morgan fingerprint density at radius 3 is 2.48 bits per heavy atom. The van der Waals surface area contributed by atoms with E-state index in [-0.39, 0.29) is 11.7 Å². The summed E-state index contributed by atoms with van der Waals surface area (Å²) in [6.07, 6.45) is 0.963. The highest BCUT2D eigenvalue weighted by Gasteiger charge is 2.18. The van der Waals surface area contributed by atoms with Crippen LogP contribution in [0.3, 0.4) is 0 Å². The van der Waals surface area contributed by atoms with Crippen LogP contribution in [0.4, 0.5) is 14.9 Å². The summed E-state index contributed by atoms with van der Waals surface area (Å²) in [6.45, 7) is 2.10. The maximum absolute atomic E-state index is 13.7. The number of carbonyl (C=O) groups excluding carboxylic acids is 1. The summed E-state index contributed by atoms with van der Waals surface area (Å²) in [5.41, 5.74) is 2.39. The molecule has 3 rings (SSSR count). The number of anilines is 1. The number of rotatable bonds is 5. The molecule has 3 nitrogen and oxygen atoms in total. The number of nitrogens with one attached hydrogen (secondary N) is 2. The summed E-state index contributed by atoms with van der Waals surface area (Å²) in [5.74, 6) is -0.461. The Kier molecular flexibility index (Phi) is 5.46. The van der Waals surface area contributed by atoms with Crippen LogP contribution in [0.5, 0.6) is 0 Å². The van der Waals surface area contributed by atoms with Crippen molar-refractivity contribution in [1.29, 1.82) is 0 Å². The van der Waals surface area contributed by atoms with Crippen molar-refractivity contribution in [2.75, 3.05) is 5.32 Å². The zero-order chi connectivity index (χ0) is 17.6. The van der Waals surface area contributed by atoms with E-state index in [1.54, 1.807) is 23.5 Å². The molecule has 0 aliphatic rings. The molecule has 0 spiro atoms. The molecule has 0 bridgehead atoms. The Bertz CT molecular complexity index is 831. The second-order valence-electron chi connectivity index (χ2n) is 5.62. The van der Waals surface area contributed by atoms with Crippen molar-refractivity contribution in [2.45, 2.75) is 19.4 Å². The molecule has 2 amide bonds. The molecule has 128 valence electrons. The largest absolute Gasteiger partial charge is 0.326 e. The summed E-state index contributed by atoms with van der Waals surface area (Å²) in [7, 11) is 0. The number of hydrogen-bond donors (Lipinski definition) is 2. The van der Waals surface area contributed by atoms with E-state index < -0.39 is 11.8 Å². The molecule has 1 aromatic heterocycles. The highest BCUT2D eigenvalue weighted by Crippen LogP contribution is 2.26. The van der Waals surface area contributed by atoms with Crippen LogP contribution in [0.2, 0.25) is 0 Å². The number of amides is 2. The van der Waals surface area contributed by atoms with E-state index in [0.717, 1.165) is 16.9 Å². The molecule has 0 saturated heterocycles. The molecule has 0 fully saturated rings. The number of benzene rings is 2. The van der Waals surface area contributed by atoms with Crippen LogP contribution in [0.25, 0.3) is 0 Å². The Morgan fingerprint density at radius 2 is 1.84 bits per heavy atom. The van der Waals surface area contributed by atoms with E-state index >= 15 is 0 Å². The van der Waals surface area contributed by atoms with Crippen LogP contribution in [-0.2, 0) is 6.42 Å². The van der Waals surface area contributed by atoms with Gasteiger partial charge < -0.3 is 10.6 Å². The molecular formula is C20H19FN2OS. The maximum atomic E-state index is 13.7. The van der Waals surface area contributed by atoms with Crippen LogP contribution >= 0.6 is 11.3 Å². The lowest BCUT2D eigenvalue weighted by molar-refractivity contribution is 0.250. The minimum Gasteiger partial charge on any atom is -0.326 e. The summed E-state index contributed by atoms with van der Waals surface area (Å²) in [6, 6.07) is 17.5. The minimum absolute atomic E-state index is 0.159. The number of thiophene rings is 1. The standard InChI is InChI=1S/C20H19FN2OS/c1-2-14-9-11-15(12-10-14)19(18-8-5-13-25-18)23-20(24)22-17-7-4-3-6-16(17)21/h3-13,19H,2H2,1H3,(H2,22,23,24)/t19-/m1/s1. The van der Waals surface area contributed by atoms with Gasteiger partial charge in [0.05, 0.1) is 11.7 Å². The molecule has 0 radical (unpaired) electrons. The van der Waals surface area contributed by atoms with Crippen LogP contribution in [0.15, 0.2) is 66.0 Å². The van der Waals surface area contributed by atoms with Crippen molar-refractivity contribution < 1.29 is 9.18 Å². The van der Waals surface area contributed by atoms with Gasteiger partial charge in [0, 0.05) is 4.88 Å². The average molecular weight is 354 g/mol. The van der Waals surface area contributed by atoms with E-state index in [4.69, 9.17) is 0 Å². The lowest BCUT2D eigenvalue weighted by Gasteiger charge is -2.19. The molecule has 0 aliphatic heterocycles. The van der Waals surface area contributed by atoms with Gasteiger partial charge in [-0.15, -0.1) is 11.3 Å². The fraction of sp³-hybridized carbons (Fsp3) is 0.150. The third kappa shape index (κ3) is 4.25. The summed E-state index contributed by atoms with van der Waals surface area (Å²) in [4.78, 5) is 13.4. The third-order valence-electron chi connectivity index (χ3n) is 3.95. The number of hydrogen-bond acceptors (Lipinski definition) is 2. The molecule has 0 saturated carbocycles. The number of para-hydroxylation sites is 1. The van der Waals surface area contributed by atoms with Crippen molar-refractivity contribution in [1.82, 2.24) is 5.32 Å². The second kappa shape index (κ2) is 7.94. The summed E-state index contributed by atoms with van der Waals surface area (Å²) < 4.78 is 13.7. The zero-order valence-corrected chi connectivity index (χ0v) is 14.6. The highest BCUT2D eigenvalue weighted by atomic mass is 32.1. The predicted molar refractivity (Wildman–Crippen MR) is 101 cm³/mol. The second-order valence-corrected chi connectivity index (χ2v) is 6.60. The first-order valence-electron chi connectivity index (χ1n) is 8.11. The number of halogens is 1. The molecular weight excluding hydrogens is 335 g/mol. The Balaban J connectivity index is 1.80. The first kappa shape index (κ1) is 17.2. The van der Waals surface area contributed by atoms with Crippen LogP contribution < -0.4 is 10.6 Å². The SMILES string of the molecule is CCc1ccc([C@@H](NC(=O)Nc2ccccc2F)c2cccs2)cc1. The molecule has 3 aromatic rings. The van der Waals surface area contributed by atoms with Crippen LogP contribution in [0, 0.1) is 5.82 Å². The van der Waals surface area contributed by atoms with E-state index in [1.165, 1.54) is 17.7 Å². The van der Waals surface area contributed by atoms with Gasteiger partial charge >= 0.3 is 6.03 Å². The molecule has 1 heterocycles. The van der Waals surface area contributed by atoms with Gasteiger partial charge in [-0.3, -0.25) is 0 Å². The summed E-state index contributed by atoms with van der Waals surface area (Å²) in [5, 5.41) is 7.49. The molecule has 0 aliphatic carbocycles. The maximum Gasteiger partial charge on any atom is 0.320 e. The summed E-state index contributed by atoms with van der Waals surface area (Å²) >= 11 is 1.57. The molecule has 25 heavy (non-hydrogen) atoms. The Labute approximate surface area is 150 Å².